The van der Waals surface area contributed by atoms with E-state index >= 15 is 0 Å². The van der Waals surface area contributed by atoms with Gasteiger partial charge in [-0.3, -0.25) is 38.4 Å². The largest absolute Gasteiger partial charge is 0.508 e. The number of carbonyl (C=O) groups is 9. The summed E-state index contributed by atoms with van der Waals surface area (Å²) in [5, 5.41) is 32.3. The SMILES string of the molecule is CC[C@H](C)C1C(=O)N(C)[C@@H](Cc2ccc(O)cc2)C(=O)N[C@@H]([C@@H](C)CC)C(=O)OC2C(C)CN(C(=O)[C@H](CCC(N)=O)NC(C)=O)C2C(=O)NC(CC(C)C)C(=O)NC2CCC(O)N1C2=O. The zero-order valence-electron chi connectivity index (χ0n) is 39.6. The molecule has 3 aliphatic heterocycles. The minimum atomic E-state index is -1.59. The second-order valence-corrected chi connectivity index (χ2v) is 18.7. The molecule has 366 valence electrons. The molecule has 0 radical (unpaired) electrons. The number of esters is 1. The number of piperidine rings is 1. The maximum absolute atomic E-state index is 14.9. The van der Waals surface area contributed by atoms with Crippen molar-refractivity contribution >= 4 is 53.2 Å². The molecular formula is C46H70N8O12. The highest BCUT2D eigenvalue weighted by Crippen LogP contribution is 2.31. The van der Waals surface area contributed by atoms with Crippen LogP contribution in [0.25, 0.3) is 0 Å². The summed E-state index contributed by atoms with van der Waals surface area (Å²) in [6, 6.07) is -3.48. The van der Waals surface area contributed by atoms with Gasteiger partial charge in [0.2, 0.25) is 47.3 Å². The Balaban J connectivity index is 1.93. The molecule has 2 bridgehead atoms. The number of hydrogen-bond donors (Lipinski definition) is 7. The predicted octanol–water partition coefficient (Wildman–Crippen LogP) is 0.206. The zero-order valence-corrected chi connectivity index (χ0v) is 39.6. The van der Waals surface area contributed by atoms with Crippen LogP contribution in [0.3, 0.4) is 0 Å². The molecule has 0 saturated carbocycles. The number of nitrogens with zero attached hydrogens (tertiary/aromatic N) is 3. The molecule has 8 N–H and O–H groups in total. The van der Waals surface area contributed by atoms with Crippen LogP contribution in [0, 0.1) is 23.7 Å². The summed E-state index contributed by atoms with van der Waals surface area (Å²) in [4.78, 5) is 130. The minimum Gasteiger partial charge on any atom is -0.508 e. The molecule has 1 aromatic carbocycles. The zero-order chi connectivity index (χ0) is 49.3. The normalized spacial score (nSPS) is 28.4. The van der Waals surface area contributed by atoms with E-state index in [4.69, 9.17) is 10.5 Å². The monoisotopic (exact) mass is 927 g/mol. The first-order valence-electron chi connectivity index (χ1n) is 23.0. The van der Waals surface area contributed by atoms with Crippen molar-refractivity contribution in [2.75, 3.05) is 13.6 Å². The van der Waals surface area contributed by atoms with Crippen molar-refractivity contribution in [1.29, 1.82) is 0 Å². The van der Waals surface area contributed by atoms with E-state index in [1.807, 2.05) is 13.8 Å². The number of phenolic OH excluding ortho intramolecular Hbond substituents is 1. The molecule has 4 rings (SSSR count). The Morgan fingerprint density at radius 3 is 2.11 bits per heavy atom. The number of carbonyl (C=O) groups excluding carboxylic acids is 9. The van der Waals surface area contributed by atoms with Gasteiger partial charge in [-0.15, -0.1) is 0 Å². The average molecular weight is 927 g/mol. The van der Waals surface area contributed by atoms with E-state index in [0.29, 0.717) is 18.4 Å². The number of aliphatic hydroxyl groups is 1. The summed E-state index contributed by atoms with van der Waals surface area (Å²) in [5.74, 6) is -9.06. The molecule has 3 aliphatic rings. The molecule has 3 heterocycles. The van der Waals surface area contributed by atoms with E-state index in [2.05, 4.69) is 21.3 Å². The molecule has 20 heteroatoms. The van der Waals surface area contributed by atoms with Gasteiger partial charge in [0, 0.05) is 39.3 Å². The van der Waals surface area contributed by atoms with Crippen molar-refractivity contribution in [2.24, 2.45) is 29.4 Å². The molecule has 3 fully saturated rings. The Kier molecular flexibility index (Phi) is 18.5. The molecule has 3 saturated heterocycles. The maximum atomic E-state index is 14.9. The lowest BCUT2D eigenvalue weighted by atomic mass is 9.91. The second kappa shape index (κ2) is 23.1. The Bertz CT molecular complexity index is 1960. The Morgan fingerprint density at radius 1 is 0.894 bits per heavy atom. The fraction of sp³-hybridized carbons (Fsp3) is 0.674. The number of amides is 8. The number of hydrogen-bond acceptors (Lipinski definition) is 12. The Labute approximate surface area is 386 Å². The van der Waals surface area contributed by atoms with Crippen LogP contribution in [0.4, 0.5) is 0 Å². The molecule has 0 aromatic heterocycles. The molecule has 0 spiro atoms. The molecule has 1 aromatic rings. The van der Waals surface area contributed by atoms with E-state index in [9.17, 15) is 53.4 Å². The van der Waals surface area contributed by atoms with Crippen molar-refractivity contribution in [2.45, 2.75) is 161 Å². The summed E-state index contributed by atoms with van der Waals surface area (Å²) in [6.07, 6.45) is -2.68. The maximum Gasteiger partial charge on any atom is 0.329 e. The van der Waals surface area contributed by atoms with Crippen molar-refractivity contribution in [3.8, 4) is 5.75 Å². The summed E-state index contributed by atoms with van der Waals surface area (Å²) in [6.45, 7) is 13.3. The number of likely N-dealkylation sites (tertiary alicyclic amines) is 1. The van der Waals surface area contributed by atoms with Gasteiger partial charge in [-0.2, -0.15) is 0 Å². The summed E-state index contributed by atoms with van der Waals surface area (Å²) in [5.41, 5.74) is 5.93. The first-order chi connectivity index (χ1) is 31.0. The Hall–Kier alpha value is -5.79. The Morgan fingerprint density at radius 2 is 1.53 bits per heavy atom. The van der Waals surface area contributed by atoms with Crippen LogP contribution in [-0.4, -0.2) is 146 Å². The molecule has 7 unspecified atom stereocenters. The molecule has 8 amide bonds. The fourth-order valence-electron chi connectivity index (χ4n) is 8.91. The number of primary amides is 1. The van der Waals surface area contributed by atoms with Crippen molar-refractivity contribution in [3.05, 3.63) is 29.8 Å². The second-order valence-electron chi connectivity index (χ2n) is 18.7. The van der Waals surface area contributed by atoms with Crippen LogP contribution in [-0.2, 0) is 54.3 Å². The first-order valence-corrected chi connectivity index (χ1v) is 23.0. The van der Waals surface area contributed by atoms with Crippen molar-refractivity contribution < 1.29 is 58.1 Å². The van der Waals surface area contributed by atoms with Crippen molar-refractivity contribution in [3.63, 3.8) is 0 Å². The van der Waals surface area contributed by atoms with E-state index in [1.165, 1.54) is 31.0 Å². The molecule has 66 heavy (non-hydrogen) atoms. The molecular weight excluding hydrogens is 857 g/mol. The number of nitrogens with one attached hydrogen (secondary N) is 4. The number of aromatic hydroxyl groups is 1. The van der Waals surface area contributed by atoms with Gasteiger partial charge in [-0.25, -0.2) is 4.79 Å². The van der Waals surface area contributed by atoms with Crippen LogP contribution in [0.15, 0.2) is 24.3 Å². The number of ether oxygens (including phenoxy) is 1. The lowest BCUT2D eigenvalue weighted by Crippen LogP contribution is -2.66. The van der Waals surface area contributed by atoms with Crippen LogP contribution in [0.5, 0.6) is 5.75 Å². The lowest BCUT2D eigenvalue weighted by Gasteiger charge is -2.44. The van der Waals surface area contributed by atoms with E-state index in [1.54, 1.807) is 46.8 Å². The van der Waals surface area contributed by atoms with Gasteiger partial charge in [0.15, 0.2) is 0 Å². The minimum absolute atomic E-state index is 0.0129. The van der Waals surface area contributed by atoms with Gasteiger partial charge in [0.05, 0.1) is 0 Å². The van der Waals surface area contributed by atoms with Gasteiger partial charge in [-0.1, -0.05) is 73.4 Å². The van der Waals surface area contributed by atoms with E-state index in [-0.39, 0.29) is 56.7 Å². The van der Waals surface area contributed by atoms with Crippen LogP contribution < -0.4 is 27.0 Å². The number of nitrogens with two attached hydrogens (primary N) is 1. The highest BCUT2D eigenvalue weighted by molar-refractivity contribution is 5.98. The number of rotatable bonds is 13. The smallest absolute Gasteiger partial charge is 0.329 e. The topological polar surface area (TPSA) is 287 Å². The van der Waals surface area contributed by atoms with E-state index in [0.717, 1.165) is 9.80 Å². The predicted molar refractivity (Wildman–Crippen MR) is 239 cm³/mol. The fourth-order valence-corrected chi connectivity index (χ4v) is 8.91. The van der Waals surface area contributed by atoms with Crippen LogP contribution in [0.2, 0.25) is 0 Å². The highest BCUT2D eigenvalue weighted by atomic mass is 16.5. The summed E-state index contributed by atoms with van der Waals surface area (Å²) >= 11 is 0. The quantitative estimate of drug-likeness (QED) is 0.131. The number of benzene rings is 1. The summed E-state index contributed by atoms with van der Waals surface area (Å²) < 4.78 is 6.19. The van der Waals surface area contributed by atoms with Gasteiger partial charge in [0.25, 0.3) is 0 Å². The third-order valence-corrected chi connectivity index (χ3v) is 13.1. The number of phenols is 1. The highest BCUT2D eigenvalue weighted by Gasteiger charge is 2.52. The summed E-state index contributed by atoms with van der Waals surface area (Å²) in [7, 11) is 1.39. The molecule has 12 atom stereocenters. The lowest BCUT2D eigenvalue weighted by molar-refractivity contribution is -0.168. The van der Waals surface area contributed by atoms with Crippen LogP contribution in [0.1, 0.15) is 106 Å². The van der Waals surface area contributed by atoms with Gasteiger partial charge < -0.3 is 56.7 Å². The van der Waals surface area contributed by atoms with Crippen molar-refractivity contribution in [1.82, 2.24) is 36.0 Å². The van der Waals surface area contributed by atoms with Crippen LogP contribution >= 0.6 is 0 Å². The third-order valence-electron chi connectivity index (χ3n) is 13.1. The van der Waals surface area contributed by atoms with E-state index < -0.39 is 126 Å². The van der Waals surface area contributed by atoms with Gasteiger partial charge in [-0.05, 0) is 61.1 Å². The molecule has 20 nitrogen and oxygen atoms in total. The third kappa shape index (κ3) is 12.8. The average Bonchev–Trinajstić information content (AvgIpc) is 3.58. The number of aliphatic hydroxyl groups excluding tert-OH is 1. The number of fused-ring (bicyclic) bond motifs is 3. The van der Waals surface area contributed by atoms with Gasteiger partial charge >= 0.3 is 5.97 Å². The molecule has 0 aliphatic carbocycles. The number of likely N-dealkylation sites (N-methyl/N-ethyl adjacent to an activating group) is 1. The standard InChI is InChI=1S/C46H70N8O12/c1-10-24(5)36-46(65)66-39-26(7)22-53(43(62)30(48-27(8)55)16-18-34(47)57)38(39)42(61)50-32(20-23(3)4)40(59)49-31-17-19-35(58)54(44(31)63)37(25(6)11-2)45(64)52(9)33(41(60)51-36)21-28-12-14-29(56)15-13-28/h12-15,23-26,30-33,35-39,56,58H,10-11,16-22H2,1-9H3,(H2,47,57)(H,48,55)(H,49,59)(H,50,61)(H,51,60)/t24-,25-,26?,30-,31?,32?,33-,35?,36-,37?,38?,39?/m0/s1. The first kappa shape index (κ1) is 52.8. The van der Waals surface area contributed by atoms with Gasteiger partial charge in [0.1, 0.15) is 60.4 Å².